The molecule has 4 rings (SSSR count). The van der Waals surface area contributed by atoms with E-state index in [1.165, 1.54) is 23.9 Å². The number of aliphatic imine (C=N–C) groups is 1. The minimum absolute atomic E-state index is 0.0468. The van der Waals surface area contributed by atoms with Gasteiger partial charge in [-0.05, 0) is 18.2 Å². The summed E-state index contributed by atoms with van der Waals surface area (Å²) in [5, 5.41) is 4.85. The standard InChI is InChI=1S/C20H18ClF2N3OS/c1-2-9-28-20-24-19(15-5-3-4-6-16(15)21)26(25(20)11-14-12-27-14)18-8-7-13(22)10-17(18)23/h2-8,10,14,19H,1,9,11-12H2. The van der Waals surface area contributed by atoms with E-state index in [-0.39, 0.29) is 11.8 Å². The van der Waals surface area contributed by atoms with Crippen molar-refractivity contribution in [2.75, 3.05) is 23.9 Å². The number of thioether (sulfide) groups is 1. The van der Waals surface area contributed by atoms with Crippen LogP contribution in [0.5, 0.6) is 0 Å². The number of hydrogen-bond acceptors (Lipinski definition) is 5. The SMILES string of the molecule is C=CCSC1=NC(c2ccccc2Cl)N(c2ccc(F)cc2F)N1CC1CO1. The molecule has 0 aliphatic carbocycles. The number of hydrazine groups is 1. The van der Waals surface area contributed by atoms with Gasteiger partial charge in [-0.2, -0.15) is 0 Å². The number of anilines is 1. The summed E-state index contributed by atoms with van der Waals surface area (Å²) >= 11 is 7.92. The second kappa shape index (κ2) is 8.11. The fourth-order valence-corrected chi connectivity index (χ4v) is 4.03. The quantitative estimate of drug-likeness (QED) is 0.483. The average molecular weight is 422 g/mol. The monoisotopic (exact) mass is 421 g/mol. The van der Waals surface area contributed by atoms with Crippen molar-refractivity contribution < 1.29 is 13.5 Å². The molecule has 0 saturated carbocycles. The predicted molar refractivity (Wildman–Crippen MR) is 110 cm³/mol. The Labute approximate surface area is 171 Å². The zero-order valence-corrected chi connectivity index (χ0v) is 16.5. The van der Waals surface area contributed by atoms with Crippen molar-refractivity contribution in [2.24, 2.45) is 4.99 Å². The van der Waals surface area contributed by atoms with Crippen LogP contribution in [0.2, 0.25) is 5.02 Å². The molecule has 2 aliphatic rings. The van der Waals surface area contributed by atoms with Gasteiger partial charge in [0, 0.05) is 22.4 Å². The number of rotatable bonds is 6. The van der Waals surface area contributed by atoms with Gasteiger partial charge >= 0.3 is 0 Å². The van der Waals surface area contributed by atoms with Crippen LogP contribution in [0.4, 0.5) is 14.5 Å². The van der Waals surface area contributed by atoms with Gasteiger partial charge in [0.1, 0.15) is 11.9 Å². The molecule has 0 spiro atoms. The number of halogens is 3. The van der Waals surface area contributed by atoms with E-state index in [0.717, 1.165) is 11.6 Å². The molecular weight excluding hydrogens is 404 g/mol. The molecule has 2 aromatic carbocycles. The Hall–Kier alpha value is -2.09. The largest absolute Gasteiger partial charge is 0.371 e. The molecule has 1 saturated heterocycles. The minimum atomic E-state index is -0.663. The first-order chi connectivity index (χ1) is 13.6. The Morgan fingerprint density at radius 2 is 2.07 bits per heavy atom. The van der Waals surface area contributed by atoms with E-state index in [0.29, 0.717) is 29.1 Å². The zero-order valence-electron chi connectivity index (χ0n) is 14.9. The summed E-state index contributed by atoms with van der Waals surface area (Å²) < 4.78 is 33.7. The molecule has 2 atom stereocenters. The van der Waals surface area contributed by atoms with Crippen molar-refractivity contribution in [2.45, 2.75) is 12.3 Å². The van der Waals surface area contributed by atoms with Crippen molar-refractivity contribution in [1.82, 2.24) is 5.01 Å². The summed E-state index contributed by atoms with van der Waals surface area (Å²) in [6.07, 6.45) is 1.26. The van der Waals surface area contributed by atoms with Gasteiger partial charge in [0.25, 0.3) is 0 Å². The maximum absolute atomic E-state index is 14.8. The molecule has 1 fully saturated rings. The van der Waals surface area contributed by atoms with E-state index >= 15 is 0 Å². The highest BCUT2D eigenvalue weighted by atomic mass is 35.5. The molecule has 0 N–H and O–H groups in total. The molecule has 0 aromatic heterocycles. The number of benzene rings is 2. The molecule has 2 aliphatic heterocycles. The highest BCUT2D eigenvalue weighted by molar-refractivity contribution is 8.13. The third-order valence-corrected chi connectivity index (χ3v) is 5.72. The van der Waals surface area contributed by atoms with Crippen LogP contribution in [0, 0.1) is 11.6 Å². The van der Waals surface area contributed by atoms with Crippen molar-refractivity contribution >= 4 is 34.2 Å². The van der Waals surface area contributed by atoms with E-state index in [1.54, 1.807) is 17.2 Å². The Morgan fingerprint density at radius 1 is 1.29 bits per heavy atom. The Kier molecular flexibility index (Phi) is 5.57. The lowest BCUT2D eigenvalue weighted by atomic mass is 10.1. The highest BCUT2D eigenvalue weighted by Gasteiger charge is 2.40. The Bertz CT molecular complexity index is 922. The molecule has 146 valence electrons. The molecule has 4 nitrogen and oxygen atoms in total. The maximum Gasteiger partial charge on any atom is 0.181 e. The molecule has 2 unspecified atom stereocenters. The molecule has 0 bridgehead atoms. The number of nitrogens with zero attached hydrogens (tertiary/aromatic N) is 3. The number of epoxide rings is 1. The van der Waals surface area contributed by atoms with Gasteiger partial charge in [-0.1, -0.05) is 47.6 Å². The molecular formula is C20H18ClF2N3OS. The smallest absolute Gasteiger partial charge is 0.181 e. The number of hydrogen-bond donors (Lipinski definition) is 0. The van der Waals surface area contributed by atoms with Gasteiger partial charge in [0.05, 0.1) is 18.8 Å². The van der Waals surface area contributed by atoms with Crippen LogP contribution in [-0.2, 0) is 4.74 Å². The van der Waals surface area contributed by atoms with E-state index in [9.17, 15) is 8.78 Å². The normalized spacial score (nSPS) is 21.0. The van der Waals surface area contributed by atoms with Crippen molar-refractivity contribution in [3.05, 3.63) is 77.3 Å². The van der Waals surface area contributed by atoms with Crippen molar-refractivity contribution in [3.63, 3.8) is 0 Å². The first-order valence-corrected chi connectivity index (χ1v) is 10.1. The summed E-state index contributed by atoms with van der Waals surface area (Å²) in [4.78, 5) is 4.82. The van der Waals surface area contributed by atoms with E-state index in [4.69, 9.17) is 21.3 Å². The van der Waals surface area contributed by atoms with Crippen molar-refractivity contribution in [1.29, 1.82) is 0 Å². The van der Waals surface area contributed by atoms with Gasteiger partial charge in [-0.15, -0.1) is 6.58 Å². The van der Waals surface area contributed by atoms with E-state index in [2.05, 4.69) is 6.58 Å². The van der Waals surface area contributed by atoms with Gasteiger partial charge in [-0.25, -0.2) is 13.8 Å². The molecule has 2 aromatic rings. The fourth-order valence-electron chi connectivity index (χ4n) is 3.04. The van der Waals surface area contributed by atoms with Crippen molar-refractivity contribution in [3.8, 4) is 0 Å². The molecule has 0 amide bonds. The predicted octanol–water partition coefficient (Wildman–Crippen LogP) is 5.03. The second-order valence-electron chi connectivity index (χ2n) is 6.38. The lowest BCUT2D eigenvalue weighted by Gasteiger charge is -2.35. The van der Waals surface area contributed by atoms with Gasteiger partial charge in [0.15, 0.2) is 17.2 Å². The number of amidine groups is 1. The van der Waals surface area contributed by atoms with Gasteiger partial charge < -0.3 is 4.74 Å². The minimum Gasteiger partial charge on any atom is -0.371 e. The Morgan fingerprint density at radius 3 is 2.75 bits per heavy atom. The van der Waals surface area contributed by atoms with Crippen LogP contribution < -0.4 is 5.01 Å². The van der Waals surface area contributed by atoms with Crippen LogP contribution in [0.3, 0.4) is 0 Å². The summed E-state index contributed by atoms with van der Waals surface area (Å²) in [7, 11) is 0. The van der Waals surface area contributed by atoms with Gasteiger partial charge in [-0.3, -0.25) is 10.0 Å². The third kappa shape index (κ3) is 3.87. The first-order valence-electron chi connectivity index (χ1n) is 8.77. The summed E-state index contributed by atoms with van der Waals surface area (Å²) in [5.41, 5.74) is 0.966. The Balaban J connectivity index is 1.80. The molecule has 0 radical (unpaired) electrons. The lowest BCUT2D eigenvalue weighted by molar-refractivity contribution is 0.315. The fraction of sp³-hybridized carbons (Fsp3) is 0.250. The summed E-state index contributed by atoms with van der Waals surface area (Å²) in [5.74, 6) is -0.645. The number of ether oxygens (including phenoxy) is 1. The van der Waals surface area contributed by atoms with E-state index in [1.807, 2.05) is 23.2 Å². The van der Waals surface area contributed by atoms with Crippen LogP contribution >= 0.6 is 23.4 Å². The van der Waals surface area contributed by atoms with Crippen LogP contribution in [0.15, 0.2) is 60.1 Å². The van der Waals surface area contributed by atoms with Crippen LogP contribution in [0.25, 0.3) is 0 Å². The zero-order chi connectivity index (χ0) is 19.7. The lowest BCUT2D eigenvalue weighted by Crippen LogP contribution is -2.44. The maximum atomic E-state index is 14.8. The topological polar surface area (TPSA) is 31.4 Å². The summed E-state index contributed by atoms with van der Waals surface area (Å²) in [6, 6.07) is 10.9. The van der Waals surface area contributed by atoms with E-state index < -0.39 is 17.8 Å². The third-order valence-electron chi connectivity index (χ3n) is 4.39. The molecule has 28 heavy (non-hydrogen) atoms. The van der Waals surface area contributed by atoms with Gasteiger partial charge in [0.2, 0.25) is 0 Å². The highest BCUT2D eigenvalue weighted by Crippen LogP contribution is 2.41. The average Bonchev–Trinajstić information content (AvgIpc) is 3.42. The van der Waals surface area contributed by atoms with Crippen LogP contribution in [-0.4, -0.2) is 35.2 Å². The molecule has 2 heterocycles. The second-order valence-corrected chi connectivity index (χ2v) is 7.78. The molecule has 8 heteroatoms. The summed E-state index contributed by atoms with van der Waals surface area (Å²) in [6.45, 7) is 4.92. The van der Waals surface area contributed by atoms with Crippen LogP contribution in [0.1, 0.15) is 11.7 Å². The first kappa shape index (κ1) is 19.2.